The number of Topliss-reactive ketones (excluding diaryl/α,β-unsaturated/α-hetero) is 2. The monoisotopic (exact) mass is 288 g/mol. The van der Waals surface area contributed by atoms with E-state index in [4.69, 9.17) is 0 Å². The van der Waals surface area contributed by atoms with Crippen molar-refractivity contribution in [1.82, 2.24) is 0 Å². The van der Waals surface area contributed by atoms with Gasteiger partial charge in [-0.25, -0.2) is 0 Å². The summed E-state index contributed by atoms with van der Waals surface area (Å²) in [6.45, 7) is 4.72. The molecule has 0 bridgehead atoms. The van der Waals surface area contributed by atoms with E-state index in [2.05, 4.69) is 13.8 Å². The Hall–Kier alpha value is -0.660. The van der Waals surface area contributed by atoms with E-state index in [-0.39, 0.29) is 5.41 Å². The molecule has 0 radical (unpaired) electrons. The lowest BCUT2D eigenvalue weighted by Crippen LogP contribution is -2.53. The van der Waals surface area contributed by atoms with Crippen LogP contribution in [0.15, 0.2) is 0 Å². The number of fused-ring (bicyclic) bond motifs is 5. The van der Waals surface area contributed by atoms with E-state index < -0.39 is 0 Å². The van der Waals surface area contributed by atoms with E-state index in [9.17, 15) is 9.59 Å². The first-order valence-electron chi connectivity index (χ1n) is 9.00. The van der Waals surface area contributed by atoms with Gasteiger partial charge in [-0.15, -0.1) is 0 Å². The average molecular weight is 288 g/mol. The van der Waals surface area contributed by atoms with Gasteiger partial charge in [-0.05, 0) is 67.6 Å². The molecule has 21 heavy (non-hydrogen) atoms. The third kappa shape index (κ3) is 1.77. The smallest absolute Gasteiger partial charge is 0.139 e. The van der Waals surface area contributed by atoms with Crippen LogP contribution in [-0.2, 0) is 9.59 Å². The summed E-state index contributed by atoms with van der Waals surface area (Å²) < 4.78 is 0. The van der Waals surface area contributed by atoms with Crippen molar-refractivity contribution in [2.24, 2.45) is 34.5 Å². The summed E-state index contributed by atoms with van der Waals surface area (Å²) in [5.41, 5.74) is 0.374. The summed E-state index contributed by atoms with van der Waals surface area (Å²) in [5.74, 6) is 3.82. The molecule has 4 saturated carbocycles. The van der Waals surface area contributed by atoms with E-state index >= 15 is 0 Å². The van der Waals surface area contributed by atoms with Crippen LogP contribution in [0.25, 0.3) is 0 Å². The van der Waals surface area contributed by atoms with E-state index in [0.717, 1.165) is 50.4 Å². The zero-order chi connectivity index (χ0) is 14.8. The van der Waals surface area contributed by atoms with Crippen LogP contribution in [0.4, 0.5) is 0 Å². The maximum Gasteiger partial charge on any atom is 0.139 e. The zero-order valence-corrected chi connectivity index (χ0v) is 13.5. The van der Waals surface area contributed by atoms with Gasteiger partial charge in [-0.2, -0.15) is 0 Å². The van der Waals surface area contributed by atoms with E-state index in [0.29, 0.717) is 28.8 Å². The summed E-state index contributed by atoms with van der Waals surface area (Å²) in [5, 5.41) is 0. The van der Waals surface area contributed by atoms with Crippen LogP contribution in [0.5, 0.6) is 0 Å². The molecule has 0 spiro atoms. The fraction of sp³-hybridized carbons (Fsp3) is 0.895. The quantitative estimate of drug-likeness (QED) is 0.670. The molecular formula is C19H28O2. The predicted molar refractivity (Wildman–Crippen MR) is 81.7 cm³/mol. The normalized spacial score (nSPS) is 53.0. The molecule has 0 aromatic heterocycles. The van der Waals surface area contributed by atoms with E-state index in [1.54, 1.807) is 0 Å². The van der Waals surface area contributed by atoms with Crippen LogP contribution >= 0.6 is 0 Å². The fourth-order valence-electron chi connectivity index (χ4n) is 6.82. The fourth-order valence-corrected chi connectivity index (χ4v) is 6.82. The molecule has 2 heteroatoms. The predicted octanol–water partition coefficient (Wildman–Crippen LogP) is 4.17. The van der Waals surface area contributed by atoms with Crippen LogP contribution in [-0.4, -0.2) is 11.6 Å². The lowest BCUT2D eigenvalue weighted by atomic mass is 9.45. The van der Waals surface area contributed by atoms with Gasteiger partial charge in [0.1, 0.15) is 11.6 Å². The molecule has 116 valence electrons. The van der Waals surface area contributed by atoms with Gasteiger partial charge in [-0.1, -0.05) is 13.8 Å². The van der Waals surface area contributed by atoms with Gasteiger partial charge in [0.15, 0.2) is 0 Å². The number of ketones is 2. The number of carbonyl (C=O) groups excluding carboxylic acids is 2. The molecule has 3 unspecified atom stereocenters. The Morgan fingerprint density at radius 1 is 0.905 bits per heavy atom. The Morgan fingerprint density at radius 3 is 2.52 bits per heavy atom. The van der Waals surface area contributed by atoms with Gasteiger partial charge >= 0.3 is 0 Å². The molecular weight excluding hydrogens is 260 g/mol. The summed E-state index contributed by atoms with van der Waals surface area (Å²) in [7, 11) is 0. The molecule has 6 atom stereocenters. The Kier molecular flexibility index (Phi) is 2.94. The van der Waals surface area contributed by atoms with Crippen LogP contribution in [0.1, 0.15) is 71.6 Å². The number of hydrogen-bond donors (Lipinski definition) is 0. The molecule has 0 aliphatic heterocycles. The van der Waals surface area contributed by atoms with Gasteiger partial charge in [-0.3, -0.25) is 9.59 Å². The first-order valence-corrected chi connectivity index (χ1v) is 9.00. The molecule has 0 heterocycles. The van der Waals surface area contributed by atoms with Crippen LogP contribution in [0.2, 0.25) is 0 Å². The van der Waals surface area contributed by atoms with Crippen molar-refractivity contribution in [3.05, 3.63) is 0 Å². The lowest BCUT2D eigenvalue weighted by Gasteiger charge is -2.59. The Bertz CT molecular complexity index is 496. The van der Waals surface area contributed by atoms with Crippen molar-refractivity contribution in [2.45, 2.75) is 71.6 Å². The maximum atomic E-state index is 12.4. The highest BCUT2D eigenvalue weighted by Gasteiger charge is 2.60. The molecule has 4 aliphatic rings. The SMILES string of the molecule is C[C@@]12CCC3C(CC[C@@H]4CC(=O)CC[C@]34C)C1CCC2=O. The highest BCUT2D eigenvalue weighted by molar-refractivity contribution is 5.87. The number of carbonyl (C=O) groups is 2. The first-order chi connectivity index (χ1) is 9.95. The summed E-state index contributed by atoms with van der Waals surface area (Å²) >= 11 is 0. The summed E-state index contributed by atoms with van der Waals surface area (Å²) in [6, 6.07) is 0. The lowest BCUT2D eigenvalue weighted by molar-refractivity contribution is -0.144. The largest absolute Gasteiger partial charge is 0.300 e. The highest BCUT2D eigenvalue weighted by Crippen LogP contribution is 2.65. The van der Waals surface area contributed by atoms with Crippen molar-refractivity contribution >= 4 is 11.6 Å². The molecule has 4 fully saturated rings. The standard InChI is InChI=1S/C19H28O2/c1-18-9-7-13(20)11-12(18)3-4-14-15-5-6-17(21)19(15,2)10-8-16(14)18/h12,14-16H,3-11H2,1-2H3/t12-,14?,15?,16?,18+,19-/m1/s1. The number of rotatable bonds is 0. The zero-order valence-electron chi connectivity index (χ0n) is 13.5. The molecule has 0 aromatic rings. The topological polar surface area (TPSA) is 34.1 Å². The van der Waals surface area contributed by atoms with Gasteiger partial charge in [0, 0.05) is 24.7 Å². The van der Waals surface area contributed by atoms with E-state index in [1.165, 1.54) is 19.3 Å². The molecule has 0 amide bonds. The minimum Gasteiger partial charge on any atom is -0.300 e. The van der Waals surface area contributed by atoms with Gasteiger partial charge in [0.05, 0.1) is 0 Å². The van der Waals surface area contributed by atoms with Crippen molar-refractivity contribution in [2.75, 3.05) is 0 Å². The van der Waals surface area contributed by atoms with Crippen molar-refractivity contribution < 1.29 is 9.59 Å². The Morgan fingerprint density at radius 2 is 1.71 bits per heavy atom. The van der Waals surface area contributed by atoms with Crippen LogP contribution < -0.4 is 0 Å². The van der Waals surface area contributed by atoms with Gasteiger partial charge in [0.25, 0.3) is 0 Å². The van der Waals surface area contributed by atoms with Gasteiger partial charge in [0.2, 0.25) is 0 Å². The highest BCUT2D eigenvalue weighted by atomic mass is 16.1. The van der Waals surface area contributed by atoms with Crippen molar-refractivity contribution in [3.8, 4) is 0 Å². The minimum absolute atomic E-state index is 0.00511. The van der Waals surface area contributed by atoms with Crippen LogP contribution in [0, 0.1) is 34.5 Å². The van der Waals surface area contributed by atoms with Crippen LogP contribution in [0.3, 0.4) is 0 Å². The Balaban J connectivity index is 1.65. The second-order valence-corrected chi connectivity index (χ2v) is 8.82. The first kappa shape index (κ1) is 14.0. The molecule has 0 saturated heterocycles. The molecule has 4 rings (SSSR count). The Labute approximate surface area is 128 Å². The maximum absolute atomic E-state index is 12.4. The third-order valence-corrected chi connectivity index (χ3v) is 8.19. The molecule has 0 aromatic carbocycles. The second kappa shape index (κ2) is 4.43. The minimum atomic E-state index is -0.00511. The van der Waals surface area contributed by atoms with E-state index in [1.807, 2.05) is 0 Å². The van der Waals surface area contributed by atoms with Gasteiger partial charge < -0.3 is 0 Å². The molecule has 0 N–H and O–H groups in total. The summed E-state index contributed by atoms with van der Waals surface area (Å²) in [4.78, 5) is 24.2. The molecule has 4 aliphatic carbocycles. The van der Waals surface area contributed by atoms with Crippen molar-refractivity contribution in [3.63, 3.8) is 0 Å². The average Bonchev–Trinajstić information content (AvgIpc) is 2.76. The summed E-state index contributed by atoms with van der Waals surface area (Å²) in [6.07, 6.45) is 9.53. The molecule has 2 nitrogen and oxygen atoms in total. The second-order valence-electron chi connectivity index (χ2n) is 8.82. The van der Waals surface area contributed by atoms with Crippen molar-refractivity contribution in [1.29, 1.82) is 0 Å². The number of hydrogen-bond acceptors (Lipinski definition) is 2. The third-order valence-electron chi connectivity index (χ3n) is 8.19.